The van der Waals surface area contributed by atoms with Crippen LogP contribution in [0.5, 0.6) is 5.75 Å². The molecule has 3 rings (SSSR count). The van der Waals surface area contributed by atoms with Crippen LogP contribution in [-0.4, -0.2) is 60.9 Å². The van der Waals surface area contributed by atoms with Crippen molar-refractivity contribution in [3.05, 3.63) is 70.0 Å². The third-order valence-electron chi connectivity index (χ3n) is 5.61. The minimum Gasteiger partial charge on any atom is -0.507 e. The molecule has 1 aliphatic rings. The third kappa shape index (κ3) is 4.53. The number of amides is 1. The molecule has 0 aromatic heterocycles. The molecule has 1 unspecified atom stereocenters. The predicted molar refractivity (Wildman–Crippen MR) is 121 cm³/mol. The summed E-state index contributed by atoms with van der Waals surface area (Å²) in [4.78, 5) is 29.5. The summed E-state index contributed by atoms with van der Waals surface area (Å²) in [7, 11) is 5.35. The predicted octanol–water partition coefficient (Wildman–Crippen LogP) is 3.82. The van der Waals surface area contributed by atoms with Gasteiger partial charge in [-0.05, 0) is 75.8 Å². The van der Waals surface area contributed by atoms with Crippen LogP contribution in [0, 0.1) is 19.7 Å². The molecule has 1 fully saturated rings. The van der Waals surface area contributed by atoms with Crippen molar-refractivity contribution < 1.29 is 23.8 Å². The van der Waals surface area contributed by atoms with Crippen LogP contribution in [0.3, 0.4) is 0 Å². The average Bonchev–Trinajstić information content (AvgIpc) is 2.98. The van der Waals surface area contributed by atoms with Crippen molar-refractivity contribution in [1.82, 2.24) is 9.80 Å². The highest BCUT2D eigenvalue weighted by molar-refractivity contribution is 6.46. The van der Waals surface area contributed by atoms with Crippen molar-refractivity contribution >= 4 is 17.4 Å². The number of hydrogen-bond acceptors (Lipinski definition) is 5. The summed E-state index contributed by atoms with van der Waals surface area (Å²) < 4.78 is 19.1. The molecule has 2 aromatic rings. The van der Waals surface area contributed by atoms with Gasteiger partial charge >= 0.3 is 0 Å². The van der Waals surface area contributed by atoms with Crippen molar-refractivity contribution in [3.63, 3.8) is 0 Å². The normalized spacial score (nSPS) is 18.0. The molecule has 1 amide bonds. The standard InChI is InChI=1S/C25H29FN2O4/c1-15-13-16(2)24(32-5)19(14-15)22(29)20-21(17-7-9-18(26)10-8-17)28(25(31)23(20)30)12-6-11-27(3)4/h7-10,13-14,21,29H,6,11-12H2,1-5H3/b22-20+. The summed E-state index contributed by atoms with van der Waals surface area (Å²) >= 11 is 0. The highest BCUT2D eigenvalue weighted by atomic mass is 19.1. The van der Waals surface area contributed by atoms with Gasteiger partial charge in [-0.1, -0.05) is 18.2 Å². The maximum Gasteiger partial charge on any atom is 0.295 e. The van der Waals surface area contributed by atoms with E-state index < -0.39 is 23.5 Å². The molecule has 0 saturated carbocycles. The fraction of sp³-hybridized carbons (Fsp3) is 0.360. The van der Waals surface area contributed by atoms with Crippen LogP contribution >= 0.6 is 0 Å². The van der Waals surface area contributed by atoms with E-state index in [4.69, 9.17) is 4.74 Å². The molecule has 1 atom stereocenters. The number of benzene rings is 2. The van der Waals surface area contributed by atoms with Crippen LogP contribution in [0.2, 0.25) is 0 Å². The Hall–Kier alpha value is -3.19. The van der Waals surface area contributed by atoms with E-state index in [9.17, 15) is 19.1 Å². The van der Waals surface area contributed by atoms with Gasteiger partial charge in [0.25, 0.3) is 11.7 Å². The van der Waals surface area contributed by atoms with Crippen molar-refractivity contribution in [1.29, 1.82) is 0 Å². The van der Waals surface area contributed by atoms with Crippen molar-refractivity contribution in [3.8, 4) is 5.75 Å². The SMILES string of the molecule is COc1c(C)cc(C)cc1/C(O)=C1\C(=O)C(=O)N(CCCN(C)C)C1c1ccc(F)cc1. The minimum atomic E-state index is -0.816. The molecule has 6 nitrogen and oxygen atoms in total. The van der Waals surface area contributed by atoms with Crippen molar-refractivity contribution in [2.24, 2.45) is 0 Å². The third-order valence-corrected chi connectivity index (χ3v) is 5.61. The number of aliphatic hydroxyl groups excluding tert-OH is 1. The smallest absolute Gasteiger partial charge is 0.295 e. The first kappa shape index (κ1) is 23.5. The summed E-state index contributed by atoms with van der Waals surface area (Å²) in [5.74, 6) is -1.72. The summed E-state index contributed by atoms with van der Waals surface area (Å²) in [6, 6.07) is 8.46. The van der Waals surface area contributed by atoms with E-state index in [1.54, 1.807) is 6.07 Å². The molecule has 170 valence electrons. The van der Waals surface area contributed by atoms with E-state index in [1.807, 2.05) is 38.9 Å². The first-order valence-corrected chi connectivity index (χ1v) is 10.5. The number of aliphatic hydroxyl groups is 1. The molecule has 1 aliphatic heterocycles. The van der Waals surface area contributed by atoms with Crippen LogP contribution < -0.4 is 4.74 Å². The fourth-order valence-electron chi connectivity index (χ4n) is 4.21. The number of halogens is 1. The summed E-state index contributed by atoms with van der Waals surface area (Å²) in [5, 5.41) is 11.3. The van der Waals surface area contributed by atoms with E-state index >= 15 is 0 Å². The average molecular weight is 441 g/mol. The van der Waals surface area contributed by atoms with Gasteiger partial charge in [-0.3, -0.25) is 9.59 Å². The van der Waals surface area contributed by atoms with Gasteiger partial charge in [0.15, 0.2) is 0 Å². The number of methoxy groups -OCH3 is 1. The molecule has 1 saturated heterocycles. The molecule has 0 aliphatic carbocycles. The Labute approximate surface area is 187 Å². The van der Waals surface area contributed by atoms with Gasteiger partial charge < -0.3 is 19.6 Å². The second-order valence-corrected chi connectivity index (χ2v) is 8.36. The van der Waals surface area contributed by atoms with Crippen LogP contribution in [-0.2, 0) is 9.59 Å². The Morgan fingerprint density at radius 2 is 1.81 bits per heavy atom. The topological polar surface area (TPSA) is 70.1 Å². The fourth-order valence-corrected chi connectivity index (χ4v) is 4.21. The molecule has 32 heavy (non-hydrogen) atoms. The number of carbonyl (C=O) groups is 2. The van der Waals surface area contributed by atoms with Gasteiger partial charge in [0.1, 0.15) is 17.3 Å². The van der Waals surface area contributed by atoms with Gasteiger partial charge in [-0.25, -0.2) is 4.39 Å². The van der Waals surface area contributed by atoms with Gasteiger partial charge in [-0.15, -0.1) is 0 Å². The quantitative estimate of drug-likeness (QED) is 0.403. The van der Waals surface area contributed by atoms with Crippen LogP contribution in [0.4, 0.5) is 4.39 Å². The van der Waals surface area contributed by atoms with Gasteiger partial charge in [0.05, 0.1) is 24.3 Å². The minimum absolute atomic E-state index is 0.0187. The lowest BCUT2D eigenvalue weighted by atomic mass is 9.93. The number of carbonyl (C=O) groups excluding carboxylic acids is 2. The van der Waals surface area contributed by atoms with Gasteiger partial charge in [0, 0.05) is 6.54 Å². The number of aryl methyl sites for hydroxylation is 2. The summed E-state index contributed by atoms with van der Waals surface area (Å²) in [6.45, 7) is 4.77. The zero-order valence-corrected chi connectivity index (χ0v) is 19.1. The number of likely N-dealkylation sites (tertiary alicyclic amines) is 1. The number of hydrogen-bond donors (Lipinski definition) is 1. The molecule has 1 N–H and O–H groups in total. The lowest BCUT2D eigenvalue weighted by Crippen LogP contribution is -2.32. The monoisotopic (exact) mass is 440 g/mol. The zero-order valence-electron chi connectivity index (χ0n) is 19.1. The largest absolute Gasteiger partial charge is 0.507 e. The zero-order chi connectivity index (χ0) is 23.6. The highest BCUT2D eigenvalue weighted by Crippen LogP contribution is 2.41. The van der Waals surface area contributed by atoms with Crippen LogP contribution in [0.1, 0.15) is 34.7 Å². The van der Waals surface area contributed by atoms with Crippen LogP contribution in [0.25, 0.3) is 5.76 Å². The van der Waals surface area contributed by atoms with E-state index in [0.29, 0.717) is 29.8 Å². The molecule has 0 bridgehead atoms. The first-order valence-electron chi connectivity index (χ1n) is 10.5. The van der Waals surface area contributed by atoms with E-state index in [2.05, 4.69) is 0 Å². The lowest BCUT2D eigenvalue weighted by molar-refractivity contribution is -0.139. The maximum absolute atomic E-state index is 13.6. The Bertz CT molecular complexity index is 1060. The molecule has 2 aromatic carbocycles. The Kier molecular flexibility index (Phi) is 6.99. The first-order chi connectivity index (χ1) is 15.1. The second-order valence-electron chi connectivity index (χ2n) is 8.36. The molecule has 0 radical (unpaired) electrons. The Balaban J connectivity index is 2.18. The van der Waals surface area contributed by atoms with E-state index in [-0.39, 0.29) is 11.3 Å². The Morgan fingerprint density at radius 1 is 1.16 bits per heavy atom. The molecule has 7 heteroatoms. The number of nitrogens with zero attached hydrogens (tertiary/aromatic N) is 2. The lowest BCUT2D eigenvalue weighted by Gasteiger charge is -2.26. The van der Waals surface area contributed by atoms with Crippen molar-refractivity contribution in [2.45, 2.75) is 26.3 Å². The molecular weight excluding hydrogens is 411 g/mol. The van der Waals surface area contributed by atoms with Gasteiger partial charge in [0.2, 0.25) is 0 Å². The van der Waals surface area contributed by atoms with Crippen LogP contribution in [0.15, 0.2) is 42.0 Å². The van der Waals surface area contributed by atoms with E-state index in [0.717, 1.165) is 17.7 Å². The van der Waals surface area contributed by atoms with Crippen molar-refractivity contribution in [2.75, 3.05) is 34.3 Å². The summed E-state index contributed by atoms with van der Waals surface area (Å²) in [6.07, 6.45) is 0.643. The number of Topliss-reactive ketones (excluding diaryl/α,β-unsaturated/α-hetero) is 1. The number of ketones is 1. The second kappa shape index (κ2) is 9.53. The number of ether oxygens (including phenoxy) is 1. The van der Waals surface area contributed by atoms with Gasteiger partial charge in [-0.2, -0.15) is 0 Å². The summed E-state index contributed by atoms with van der Waals surface area (Å²) in [5.41, 5.74) is 2.56. The van der Waals surface area contributed by atoms with E-state index in [1.165, 1.54) is 36.3 Å². The molecule has 0 spiro atoms. The molecular formula is C25H29FN2O4. The highest BCUT2D eigenvalue weighted by Gasteiger charge is 2.46. The maximum atomic E-state index is 13.6. The number of rotatable bonds is 7. The molecule has 1 heterocycles. The Morgan fingerprint density at radius 3 is 2.41 bits per heavy atom.